The monoisotopic (exact) mass is 489 g/mol. The van der Waals surface area contributed by atoms with Crippen molar-refractivity contribution in [3.05, 3.63) is 81.2 Å². The van der Waals surface area contributed by atoms with E-state index in [-0.39, 0.29) is 29.8 Å². The molecule has 0 saturated carbocycles. The molecular weight excluding hydrogens is 462 g/mol. The Morgan fingerprint density at radius 3 is 2.44 bits per heavy atom. The standard InChI is InChI=1S/C28H27NO7/c1-15-24(31)20-12-8-11-19(26(20)36-25(15)18-9-6-5-7-10-18)23-21(27(32)34-4)16(2)29-17(3)22(23)28(33)35-14-13-30/h5-12,21,23,30H,13-14H2,1-4H3. The number of fused-ring (bicyclic) bond motifs is 1. The first kappa shape index (κ1) is 25.1. The number of ether oxygens (including phenoxy) is 2. The van der Waals surface area contributed by atoms with E-state index in [1.165, 1.54) is 7.11 Å². The number of nitrogens with zero attached hydrogens (tertiary/aromatic N) is 1. The van der Waals surface area contributed by atoms with E-state index in [4.69, 9.17) is 13.9 Å². The molecule has 4 rings (SSSR count). The molecule has 1 aromatic heterocycles. The van der Waals surface area contributed by atoms with Crippen molar-refractivity contribution in [1.82, 2.24) is 0 Å². The van der Waals surface area contributed by atoms with Gasteiger partial charge >= 0.3 is 11.9 Å². The van der Waals surface area contributed by atoms with Crippen LogP contribution in [0.15, 0.2) is 74.0 Å². The summed E-state index contributed by atoms with van der Waals surface area (Å²) in [5.41, 5.74) is 2.66. The lowest BCUT2D eigenvalue weighted by atomic mass is 9.75. The number of rotatable bonds is 6. The van der Waals surface area contributed by atoms with Gasteiger partial charge < -0.3 is 19.0 Å². The summed E-state index contributed by atoms with van der Waals surface area (Å²) < 4.78 is 16.7. The average molecular weight is 490 g/mol. The van der Waals surface area contributed by atoms with Crippen LogP contribution in [-0.2, 0) is 19.1 Å². The van der Waals surface area contributed by atoms with Gasteiger partial charge in [0.15, 0.2) is 5.43 Å². The van der Waals surface area contributed by atoms with Crippen molar-refractivity contribution < 1.29 is 28.6 Å². The number of aliphatic imine (C=N–C) groups is 1. The Labute approximate surface area is 207 Å². The van der Waals surface area contributed by atoms with E-state index in [2.05, 4.69) is 4.99 Å². The summed E-state index contributed by atoms with van der Waals surface area (Å²) >= 11 is 0. The second kappa shape index (κ2) is 10.3. The first-order valence-corrected chi connectivity index (χ1v) is 11.5. The van der Waals surface area contributed by atoms with Gasteiger partial charge in [-0.15, -0.1) is 0 Å². The Balaban J connectivity index is 2.04. The number of aliphatic hydroxyl groups excluding tert-OH is 1. The molecule has 1 aliphatic heterocycles. The van der Waals surface area contributed by atoms with Crippen molar-refractivity contribution in [2.24, 2.45) is 10.9 Å². The quantitative estimate of drug-likeness (QED) is 0.522. The normalized spacial score (nSPS) is 17.6. The second-order valence-corrected chi connectivity index (χ2v) is 8.57. The first-order chi connectivity index (χ1) is 17.3. The van der Waals surface area contributed by atoms with E-state index in [9.17, 15) is 19.5 Å². The van der Waals surface area contributed by atoms with E-state index in [0.29, 0.717) is 33.7 Å². The molecule has 0 fully saturated rings. The van der Waals surface area contributed by atoms with E-state index < -0.39 is 23.8 Å². The van der Waals surface area contributed by atoms with E-state index in [1.54, 1.807) is 39.0 Å². The number of para-hydroxylation sites is 1. The Kier molecular flexibility index (Phi) is 7.17. The van der Waals surface area contributed by atoms with Crippen molar-refractivity contribution in [3.63, 3.8) is 0 Å². The molecule has 0 spiro atoms. The van der Waals surface area contributed by atoms with Crippen molar-refractivity contribution in [2.45, 2.75) is 26.7 Å². The highest BCUT2D eigenvalue weighted by Gasteiger charge is 2.43. The number of allylic oxidation sites excluding steroid dienone is 1. The highest BCUT2D eigenvalue weighted by atomic mass is 16.5. The fraction of sp³-hybridized carbons (Fsp3) is 0.286. The number of aliphatic hydroxyl groups is 1. The highest BCUT2D eigenvalue weighted by molar-refractivity contribution is 6.07. The Morgan fingerprint density at radius 1 is 1.06 bits per heavy atom. The van der Waals surface area contributed by atoms with Crippen molar-refractivity contribution in [3.8, 4) is 11.3 Å². The summed E-state index contributed by atoms with van der Waals surface area (Å²) in [5, 5.41) is 9.50. The lowest BCUT2D eigenvalue weighted by Gasteiger charge is -2.31. The van der Waals surface area contributed by atoms with Crippen molar-refractivity contribution in [1.29, 1.82) is 0 Å². The molecule has 1 N–H and O–H groups in total. The van der Waals surface area contributed by atoms with Gasteiger partial charge in [-0.2, -0.15) is 0 Å². The number of carbonyl (C=O) groups is 2. The number of methoxy groups -OCH3 is 1. The van der Waals surface area contributed by atoms with Gasteiger partial charge in [-0.25, -0.2) is 4.79 Å². The minimum Gasteiger partial charge on any atom is -0.468 e. The summed E-state index contributed by atoms with van der Waals surface area (Å²) in [7, 11) is 1.27. The minimum absolute atomic E-state index is 0.140. The third-order valence-corrected chi connectivity index (χ3v) is 6.37. The zero-order chi connectivity index (χ0) is 26.0. The third kappa shape index (κ3) is 4.35. The third-order valence-electron chi connectivity index (χ3n) is 6.37. The molecule has 186 valence electrons. The fourth-order valence-corrected chi connectivity index (χ4v) is 4.73. The minimum atomic E-state index is -0.951. The molecule has 0 radical (unpaired) electrons. The molecule has 3 aromatic rings. The maximum atomic E-state index is 13.4. The Bertz CT molecular complexity index is 1450. The fourth-order valence-electron chi connectivity index (χ4n) is 4.73. The molecule has 0 saturated heterocycles. The smallest absolute Gasteiger partial charge is 0.336 e. The molecule has 2 unspecified atom stereocenters. The van der Waals surface area contributed by atoms with Gasteiger partial charge in [0.1, 0.15) is 23.9 Å². The van der Waals surface area contributed by atoms with Crippen LogP contribution in [0.4, 0.5) is 0 Å². The van der Waals surface area contributed by atoms with Crippen LogP contribution < -0.4 is 5.43 Å². The molecule has 0 aliphatic carbocycles. The highest BCUT2D eigenvalue weighted by Crippen LogP contribution is 2.43. The van der Waals surface area contributed by atoms with Gasteiger partial charge in [-0.3, -0.25) is 14.6 Å². The molecule has 36 heavy (non-hydrogen) atoms. The van der Waals surface area contributed by atoms with Crippen LogP contribution in [0.2, 0.25) is 0 Å². The van der Waals surface area contributed by atoms with E-state index in [0.717, 1.165) is 5.56 Å². The molecule has 2 heterocycles. The molecule has 0 bridgehead atoms. The maximum Gasteiger partial charge on any atom is 0.336 e. The number of hydrogen-bond acceptors (Lipinski definition) is 8. The van der Waals surface area contributed by atoms with Crippen LogP contribution >= 0.6 is 0 Å². The summed E-state index contributed by atoms with van der Waals surface area (Å²) in [6, 6.07) is 14.3. The van der Waals surface area contributed by atoms with Crippen LogP contribution in [0.25, 0.3) is 22.3 Å². The second-order valence-electron chi connectivity index (χ2n) is 8.57. The summed E-state index contributed by atoms with van der Waals surface area (Å²) in [5.74, 6) is -2.74. The van der Waals surface area contributed by atoms with Gasteiger partial charge in [0, 0.05) is 34.0 Å². The topological polar surface area (TPSA) is 115 Å². The molecule has 0 amide bonds. The van der Waals surface area contributed by atoms with Crippen LogP contribution in [-0.4, -0.2) is 43.1 Å². The van der Waals surface area contributed by atoms with Gasteiger partial charge in [0.2, 0.25) is 0 Å². The predicted octanol–water partition coefficient (Wildman–Crippen LogP) is 3.93. The summed E-state index contributed by atoms with van der Waals surface area (Å²) in [6.07, 6.45) is 0. The van der Waals surface area contributed by atoms with Gasteiger partial charge in [0.25, 0.3) is 0 Å². The van der Waals surface area contributed by atoms with Crippen molar-refractivity contribution in [2.75, 3.05) is 20.3 Å². The zero-order valence-electron chi connectivity index (χ0n) is 20.5. The Morgan fingerprint density at radius 2 is 1.78 bits per heavy atom. The number of carbonyl (C=O) groups excluding carboxylic acids is 2. The summed E-state index contributed by atoms with van der Waals surface area (Å²) in [4.78, 5) is 44.0. The largest absolute Gasteiger partial charge is 0.468 e. The van der Waals surface area contributed by atoms with Crippen LogP contribution in [0.5, 0.6) is 0 Å². The number of esters is 2. The van der Waals surface area contributed by atoms with Gasteiger partial charge in [-0.1, -0.05) is 42.5 Å². The van der Waals surface area contributed by atoms with Crippen LogP contribution in [0.3, 0.4) is 0 Å². The molecule has 8 nitrogen and oxygen atoms in total. The van der Waals surface area contributed by atoms with Crippen LogP contribution in [0.1, 0.15) is 30.9 Å². The van der Waals surface area contributed by atoms with E-state index in [1.807, 2.05) is 30.3 Å². The van der Waals surface area contributed by atoms with E-state index >= 15 is 0 Å². The summed E-state index contributed by atoms with van der Waals surface area (Å²) in [6.45, 7) is 4.48. The molecule has 2 aromatic carbocycles. The molecule has 8 heteroatoms. The molecular formula is C28H27NO7. The van der Waals surface area contributed by atoms with Gasteiger partial charge in [-0.05, 0) is 26.8 Å². The van der Waals surface area contributed by atoms with Crippen molar-refractivity contribution >= 4 is 28.6 Å². The van der Waals surface area contributed by atoms with Crippen LogP contribution in [0, 0.1) is 12.8 Å². The van der Waals surface area contributed by atoms with Gasteiger partial charge in [0.05, 0.1) is 24.7 Å². The lowest BCUT2D eigenvalue weighted by Crippen LogP contribution is -2.36. The lowest BCUT2D eigenvalue weighted by molar-refractivity contribution is -0.144. The maximum absolute atomic E-state index is 13.4. The zero-order valence-corrected chi connectivity index (χ0v) is 20.5. The number of hydrogen-bond donors (Lipinski definition) is 1. The number of benzene rings is 2. The molecule has 2 atom stereocenters. The SMILES string of the molecule is COC(=O)C1C(C)=NC(C)=C(C(=O)OCCO)C1c1cccc2c(=O)c(C)c(-c3ccccc3)oc12. The first-order valence-electron chi connectivity index (χ1n) is 11.5. The molecule has 1 aliphatic rings. The average Bonchev–Trinajstić information content (AvgIpc) is 2.88. The Hall–Kier alpha value is -4.04. The predicted molar refractivity (Wildman–Crippen MR) is 135 cm³/mol.